The molecule has 1 fully saturated rings. The van der Waals surface area contributed by atoms with Gasteiger partial charge in [0.1, 0.15) is 59.9 Å². The fraction of sp³-hybridized carbons (Fsp3) is 0.286. The summed E-state index contributed by atoms with van der Waals surface area (Å²) < 4.78 is 22.0. The van der Waals surface area contributed by atoms with Crippen molar-refractivity contribution in [1.29, 1.82) is 0 Å². The van der Waals surface area contributed by atoms with Gasteiger partial charge in [0.25, 0.3) is 0 Å². The third-order valence-electron chi connectivity index (χ3n) is 6.95. The quantitative estimate of drug-likeness (QED) is 0.139. The van der Waals surface area contributed by atoms with E-state index in [0.717, 1.165) is 18.2 Å². The van der Waals surface area contributed by atoms with Crippen molar-refractivity contribution in [2.75, 3.05) is 6.61 Å². The Kier molecular flexibility index (Phi) is 7.81. The van der Waals surface area contributed by atoms with Crippen molar-refractivity contribution in [2.45, 2.75) is 43.2 Å². The molecule has 0 amide bonds. The molecule has 228 valence electrons. The number of phenolic OH excluding ortho intramolecular Hbond substituents is 6. The molecule has 0 bridgehead atoms. The Morgan fingerprint density at radius 3 is 2.19 bits per heavy atom. The van der Waals surface area contributed by atoms with Crippen LogP contribution in [0.25, 0.3) is 0 Å². The maximum atomic E-state index is 12.8. The molecule has 0 saturated carbocycles. The van der Waals surface area contributed by atoms with Gasteiger partial charge in [-0.05, 0) is 29.8 Å². The molecule has 2 aliphatic heterocycles. The van der Waals surface area contributed by atoms with Gasteiger partial charge >= 0.3 is 5.97 Å². The van der Waals surface area contributed by atoms with Crippen LogP contribution in [0.15, 0.2) is 42.5 Å². The zero-order valence-electron chi connectivity index (χ0n) is 21.9. The Morgan fingerprint density at radius 1 is 0.814 bits per heavy atom. The Bertz CT molecular complexity index is 1550. The van der Waals surface area contributed by atoms with E-state index in [1.165, 1.54) is 24.3 Å². The molecule has 0 radical (unpaired) electrons. The predicted octanol–water partition coefficient (Wildman–Crippen LogP) is 0.670. The number of ether oxygens (including phenoxy) is 4. The molecule has 5 rings (SSSR count). The Morgan fingerprint density at radius 2 is 1.51 bits per heavy atom. The average Bonchev–Trinajstić information content (AvgIpc) is 2.96. The molecule has 2 heterocycles. The van der Waals surface area contributed by atoms with E-state index < -0.39 is 83.9 Å². The number of aromatic hydroxyl groups is 6. The van der Waals surface area contributed by atoms with Gasteiger partial charge < -0.3 is 64.9 Å². The van der Waals surface area contributed by atoms with E-state index in [1.807, 2.05) is 0 Å². The maximum Gasteiger partial charge on any atom is 0.338 e. The monoisotopic (exact) mass is 602 g/mol. The van der Waals surface area contributed by atoms with Crippen LogP contribution in [0.4, 0.5) is 0 Å². The standard InChI is InChI=1S/C28H26O15/c29-13-2-1-10(3-14(13)30)19-8-16(32)22-15(31)6-12(7-20(22)42-19)41-28-26(38)25(37)24(36)21(43-28)9-40-27(39)11-4-17(33)23(35)18(34)5-11/h1-7,19,21,24-26,28-31,33-38H,8-9H2/t19?,21-,24-,25+,26-,28-/m1/s1. The van der Waals surface area contributed by atoms with Crippen molar-refractivity contribution >= 4 is 11.8 Å². The summed E-state index contributed by atoms with van der Waals surface area (Å²) in [6.45, 7) is -0.694. The third kappa shape index (κ3) is 5.74. The summed E-state index contributed by atoms with van der Waals surface area (Å²) in [7, 11) is 0. The number of ketones is 1. The van der Waals surface area contributed by atoms with Crippen molar-refractivity contribution in [3.8, 4) is 46.0 Å². The average molecular weight is 603 g/mol. The molecule has 6 atom stereocenters. The SMILES string of the molecule is O=C(OC[C@H]1O[C@@H](Oc2cc(O)c3c(c2)OC(c2ccc(O)c(O)c2)CC3=O)[C@H](O)[C@@H](O)[C@@H]1O)c1cc(O)c(O)c(O)c1. The van der Waals surface area contributed by atoms with Gasteiger partial charge in [-0.3, -0.25) is 4.79 Å². The van der Waals surface area contributed by atoms with Crippen molar-refractivity contribution in [2.24, 2.45) is 0 Å². The van der Waals surface area contributed by atoms with E-state index in [9.17, 15) is 55.5 Å². The normalized spacial score (nSPS) is 25.0. The van der Waals surface area contributed by atoms with Crippen LogP contribution in [0.3, 0.4) is 0 Å². The number of carbonyl (C=O) groups is 2. The van der Waals surface area contributed by atoms with E-state index in [4.69, 9.17) is 18.9 Å². The minimum atomic E-state index is -1.85. The Hall–Kier alpha value is -4.96. The summed E-state index contributed by atoms with van der Waals surface area (Å²) >= 11 is 0. The molecule has 0 aromatic heterocycles. The molecule has 15 heteroatoms. The van der Waals surface area contributed by atoms with Crippen LogP contribution in [-0.2, 0) is 9.47 Å². The van der Waals surface area contributed by atoms with Gasteiger partial charge in [-0.2, -0.15) is 0 Å². The topological polar surface area (TPSA) is 253 Å². The van der Waals surface area contributed by atoms with Crippen molar-refractivity contribution in [3.05, 3.63) is 59.2 Å². The minimum Gasteiger partial charge on any atom is -0.507 e. The number of benzene rings is 3. The molecule has 2 aliphatic rings. The summed E-state index contributed by atoms with van der Waals surface area (Å²) in [6, 6.07) is 7.78. The second kappa shape index (κ2) is 11.4. The number of fused-ring (bicyclic) bond motifs is 1. The van der Waals surface area contributed by atoms with Gasteiger partial charge in [-0.1, -0.05) is 6.07 Å². The van der Waals surface area contributed by atoms with Crippen molar-refractivity contribution < 1.29 is 74.5 Å². The van der Waals surface area contributed by atoms with Gasteiger partial charge in [0.15, 0.2) is 34.5 Å². The first-order valence-corrected chi connectivity index (χ1v) is 12.7. The van der Waals surface area contributed by atoms with Crippen LogP contribution in [0.2, 0.25) is 0 Å². The van der Waals surface area contributed by atoms with Crippen LogP contribution >= 0.6 is 0 Å². The molecular formula is C28H26O15. The molecule has 1 unspecified atom stereocenters. The smallest absolute Gasteiger partial charge is 0.338 e. The fourth-order valence-electron chi connectivity index (χ4n) is 4.66. The first-order valence-electron chi connectivity index (χ1n) is 12.7. The molecule has 1 saturated heterocycles. The molecule has 0 aliphatic carbocycles. The van der Waals surface area contributed by atoms with Crippen molar-refractivity contribution in [1.82, 2.24) is 0 Å². The summed E-state index contributed by atoms with van der Waals surface area (Å²) in [6.07, 6.45) is -9.67. The van der Waals surface area contributed by atoms with E-state index in [1.54, 1.807) is 0 Å². The van der Waals surface area contributed by atoms with E-state index in [-0.39, 0.29) is 34.8 Å². The predicted molar refractivity (Wildman–Crippen MR) is 139 cm³/mol. The van der Waals surface area contributed by atoms with Crippen LogP contribution in [-0.4, -0.2) is 95.0 Å². The van der Waals surface area contributed by atoms with Crippen LogP contribution in [0.5, 0.6) is 46.0 Å². The van der Waals surface area contributed by atoms with Gasteiger partial charge in [-0.15, -0.1) is 0 Å². The highest BCUT2D eigenvalue weighted by molar-refractivity contribution is 6.02. The second-order valence-corrected chi connectivity index (χ2v) is 9.89. The number of esters is 1. The van der Waals surface area contributed by atoms with Crippen LogP contribution < -0.4 is 9.47 Å². The number of hydrogen-bond donors (Lipinski definition) is 9. The maximum absolute atomic E-state index is 12.8. The lowest BCUT2D eigenvalue weighted by Gasteiger charge is -2.40. The van der Waals surface area contributed by atoms with Gasteiger partial charge in [-0.25, -0.2) is 4.79 Å². The van der Waals surface area contributed by atoms with E-state index in [2.05, 4.69) is 0 Å². The second-order valence-electron chi connectivity index (χ2n) is 9.89. The molecule has 15 nitrogen and oxygen atoms in total. The van der Waals surface area contributed by atoms with Gasteiger partial charge in [0.2, 0.25) is 6.29 Å². The lowest BCUT2D eigenvalue weighted by molar-refractivity contribution is -0.277. The number of rotatable bonds is 6. The molecule has 9 N–H and O–H groups in total. The first-order chi connectivity index (χ1) is 20.3. The third-order valence-corrected chi connectivity index (χ3v) is 6.95. The van der Waals surface area contributed by atoms with E-state index >= 15 is 0 Å². The van der Waals surface area contributed by atoms with Gasteiger partial charge in [0, 0.05) is 12.1 Å². The number of carbonyl (C=O) groups excluding carboxylic acids is 2. The highest BCUT2D eigenvalue weighted by Gasteiger charge is 2.46. The first kappa shape index (κ1) is 29.5. The lowest BCUT2D eigenvalue weighted by Crippen LogP contribution is -2.60. The number of aliphatic hydroxyl groups excluding tert-OH is 3. The zero-order chi connectivity index (χ0) is 31.2. The van der Waals surface area contributed by atoms with E-state index in [0.29, 0.717) is 5.56 Å². The highest BCUT2D eigenvalue weighted by Crippen LogP contribution is 2.43. The summed E-state index contributed by atoms with van der Waals surface area (Å²) in [5.41, 5.74) is -0.145. The summed E-state index contributed by atoms with van der Waals surface area (Å²) in [4.78, 5) is 25.2. The lowest BCUT2D eigenvalue weighted by atomic mass is 9.95. The number of Topliss-reactive ketones (excluding diaryl/α,β-unsaturated/α-hetero) is 1. The number of phenols is 6. The molecule has 43 heavy (non-hydrogen) atoms. The van der Waals surface area contributed by atoms with Crippen LogP contribution in [0.1, 0.15) is 38.8 Å². The molecule has 3 aromatic rings. The number of aliphatic hydroxyl groups is 3. The largest absolute Gasteiger partial charge is 0.507 e. The fourth-order valence-corrected chi connectivity index (χ4v) is 4.66. The van der Waals surface area contributed by atoms with Crippen LogP contribution in [0, 0.1) is 0 Å². The molecule has 0 spiro atoms. The van der Waals surface area contributed by atoms with Gasteiger partial charge in [0.05, 0.1) is 12.0 Å². The minimum absolute atomic E-state index is 0.111. The molecule has 3 aromatic carbocycles. The Labute approximate surface area is 241 Å². The zero-order valence-corrected chi connectivity index (χ0v) is 21.9. The summed E-state index contributed by atoms with van der Waals surface area (Å²) in [5, 5.41) is 89.8. The Balaban J connectivity index is 1.31. The molecular weight excluding hydrogens is 576 g/mol. The van der Waals surface area contributed by atoms with Crippen molar-refractivity contribution in [3.63, 3.8) is 0 Å². The highest BCUT2D eigenvalue weighted by atomic mass is 16.7. The summed E-state index contributed by atoms with van der Waals surface area (Å²) in [5.74, 6) is -5.65. The number of hydrogen-bond acceptors (Lipinski definition) is 15.